The minimum Gasteiger partial charge on any atom is -0.297 e. The standard InChI is InChI=1S/C27H18O2S3/c1-15-3-7-17(8-4-15)27(18-9-5-16(2)6-10-18)21-11-19(13-28)30-24(21)26-23(27)25-22(32-26)12-20(14-29)31-25/h3-14H,1-2H3. The molecular formula is C27H18O2S3. The topological polar surface area (TPSA) is 34.1 Å². The van der Waals surface area contributed by atoms with Gasteiger partial charge in [0, 0.05) is 10.3 Å². The van der Waals surface area contributed by atoms with Crippen molar-refractivity contribution in [2.75, 3.05) is 0 Å². The zero-order chi connectivity index (χ0) is 22.0. The van der Waals surface area contributed by atoms with E-state index in [0.717, 1.165) is 27.0 Å². The third-order valence-electron chi connectivity index (χ3n) is 6.32. The quantitative estimate of drug-likeness (QED) is 0.248. The third kappa shape index (κ3) is 2.56. The molecule has 0 spiro atoms. The van der Waals surface area contributed by atoms with Crippen LogP contribution >= 0.6 is 34.0 Å². The van der Waals surface area contributed by atoms with Gasteiger partial charge in [-0.2, -0.15) is 0 Å². The number of fused-ring (bicyclic) bond motifs is 5. The summed E-state index contributed by atoms with van der Waals surface area (Å²) in [4.78, 5) is 27.2. The molecule has 3 aromatic heterocycles. The van der Waals surface area contributed by atoms with Crippen LogP contribution < -0.4 is 0 Å². The lowest BCUT2D eigenvalue weighted by molar-refractivity contribution is 0.111. The fraction of sp³-hybridized carbons (Fsp3) is 0.111. The lowest BCUT2D eigenvalue weighted by atomic mass is 9.68. The van der Waals surface area contributed by atoms with Crippen molar-refractivity contribution in [3.63, 3.8) is 0 Å². The summed E-state index contributed by atoms with van der Waals surface area (Å²) in [6.45, 7) is 4.20. The van der Waals surface area contributed by atoms with Crippen molar-refractivity contribution >= 4 is 56.0 Å². The normalized spacial score (nSPS) is 13.8. The van der Waals surface area contributed by atoms with Crippen LogP contribution in [0.4, 0.5) is 0 Å². The van der Waals surface area contributed by atoms with Crippen LogP contribution in [0.5, 0.6) is 0 Å². The van der Waals surface area contributed by atoms with E-state index >= 15 is 0 Å². The van der Waals surface area contributed by atoms with E-state index in [1.807, 2.05) is 6.07 Å². The van der Waals surface area contributed by atoms with Gasteiger partial charge in [-0.3, -0.25) is 9.59 Å². The molecule has 0 N–H and O–H groups in total. The van der Waals surface area contributed by atoms with E-state index in [1.54, 1.807) is 34.0 Å². The summed E-state index contributed by atoms with van der Waals surface area (Å²) in [6, 6.07) is 21.5. The number of carbonyl (C=O) groups is 2. The summed E-state index contributed by atoms with van der Waals surface area (Å²) in [7, 11) is 0. The first-order valence-electron chi connectivity index (χ1n) is 10.3. The number of hydrogen-bond donors (Lipinski definition) is 0. The summed E-state index contributed by atoms with van der Waals surface area (Å²) in [5, 5.41) is 0. The molecule has 0 fully saturated rings. The molecule has 0 aliphatic heterocycles. The molecule has 5 heteroatoms. The van der Waals surface area contributed by atoms with E-state index in [1.165, 1.54) is 47.8 Å². The first kappa shape index (κ1) is 19.8. The number of hydrogen-bond acceptors (Lipinski definition) is 5. The second-order valence-electron chi connectivity index (χ2n) is 8.26. The predicted octanol–water partition coefficient (Wildman–Crippen LogP) is 7.63. The molecule has 2 nitrogen and oxygen atoms in total. The van der Waals surface area contributed by atoms with Crippen LogP contribution in [-0.4, -0.2) is 12.6 Å². The lowest BCUT2D eigenvalue weighted by Crippen LogP contribution is -2.28. The highest BCUT2D eigenvalue weighted by Crippen LogP contribution is 2.63. The van der Waals surface area contributed by atoms with Crippen LogP contribution in [0.1, 0.15) is 52.7 Å². The Hall–Kier alpha value is -2.86. The maximum atomic E-state index is 11.8. The predicted molar refractivity (Wildman–Crippen MR) is 135 cm³/mol. The second-order valence-corrected chi connectivity index (χ2v) is 11.5. The molecule has 2 aromatic carbocycles. The summed E-state index contributed by atoms with van der Waals surface area (Å²) in [6.07, 6.45) is 1.90. The lowest BCUT2D eigenvalue weighted by Gasteiger charge is -2.33. The van der Waals surface area contributed by atoms with Crippen molar-refractivity contribution < 1.29 is 9.59 Å². The molecule has 3 heterocycles. The number of benzene rings is 2. The zero-order valence-electron chi connectivity index (χ0n) is 17.5. The molecule has 1 aliphatic rings. The van der Waals surface area contributed by atoms with Crippen LogP contribution in [0, 0.1) is 13.8 Å². The van der Waals surface area contributed by atoms with Gasteiger partial charge < -0.3 is 0 Å². The van der Waals surface area contributed by atoms with Crippen LogP contribution in [0.15, 0.2) is 60.7 Å². The molecular weight excluding hydrogens is 452 g/mol. The number of carbonyl (C=O) groups excluding carboxylic acids is 2. The van der Waals surface area contributed by atoms with E-state index in [0.29, 0.717) is 0 Å². The average molecular weight is 471 g/mol. The number of thiophene rings is 3. The van der Waals surface area contributed by atoms with Crippen molar-refractivity contribution in [1.82, 2.24) is 0 Å². The smallest absolute Gasteiger partial charge is 0.160 e. The van der Waals surface area contributed by atoms with Crippen LogP contribution in [0.25, 0.3) is 19.2 Å². The first-order valence-corrected chi connectivity index (χ1v) is 12.8. The fourth-order valence-electron chi connectivity index (χ4n) is 4.89. The highest BCUT2D eigenvalue weighted by molar-refractivity contribution is 7.32. The molecule has 0 unspecified atom stereocenters. The third-order valence-corrected chi connectivity index (χ3v) is 9.89. The highest BCUT2D eigenvalue weighted by atomic mass is 32.1. The molecule has 0 amide bonds. The Kier molecular flexibility index (Phi) is 4.37. The van der Waals surface area contributed by atoms with Crippen molar-refractivity contribution in [2.45, 2.75) is 19.3 Å². The highest BCUT2D eigenvalue weighted by Gasteiger charge is 2.50. The van der Waals surface area contributed by atoms with Crippen LogP contribution in [0.3, 0.4) is 0 Å². The van der Waals surface area contributed by atoms with E-state index in [9.17, 15) is 9.59 Å². The Morgan fingerprint density at radius 2 is 1.25 bits per heavy atom. The van der Waals surface area contributed by atoms with Crippen LogP contribution in [0.2, 0.25) is 0 Å². The number of aryl methyl sites for hydroxylation is 2. The molecule has 6 rings (SSSR count). The molecule has 0 radical (unpaired) electrons. The van der Waals surface area contributed by atoms with E-state index in [2.05, 4.69) is 68.4 Å². The van der Waals surface area contributed by atoms with Gasteiger partial charge in [-0.05, 0) is 42.7 Å². The Morgan fingerprint density at radius 3 is 1.81 bits per heavy atom. The van der Waals surface area contributed by atoms with Gasteiger partial charge >= 0.3 is 0 Å². The molecule has 0 atom stereocenters. The number of aldehydes is 2. The van der Waals surface area contributed by atoms with Gasteiger partial charge in [0.1, 0.15) is 0 Å². The Bertz CT molecular complexity index is 1470. The molecule has 5 aromatic rings. The van der Waals surface area contributed by atoms with E-state index in [-0.39, 0.29) is 0 Å². The van der Waals surface area contributed by atoms with Gasteiger partial charge in [-0.1, -0.05) is 59.7 Å². The average Bonchev–Trinajstić information content (AvgIpc) is 3.53. The van der Waals surface area contributed by atoms with Crippen molar-refractivity contribution in [1.29, 1.82) is 0 Å². The minimum atomic E-state index is -0.521. The summed E-state index contributed by atoms with van der Waals surface area (Å²) < 4.78 is 2.31. The van der Waals surface area contributed by atoms with Crippen molar-refractivity contribution in [3.05, 3.63) is 104 Å². The molecule has 1 aliphatic carbocycles. The molecule has 0 saturated heterocycles. The minimum absolute atomic E-state index is 0.521. The monoisotopic (exact) mass is 470 g/mol. The van der Waals surface area contributed by atoms with Gasteiger partial charge in [-0.15, -0.1) is 34.0 Å². The van der Waals surface area contributed by atoms with Gasteiger partial charge in [0.25, 0.3) is 0 Å². The van der Waals surface area contributed by atoms with Gasteiger partial charge in [-0.25, -0.2) is 0 Å². The van der Waals surface area contributed by atoms with Crippen molar-refractivity contribution in [2.24, 2.45) is 0 Å². The van der Waals surface area contributed by atoms with E-state index < -0.39 is 5.41 Å². The van der Waals surface area contributed by atoms with Gasteiger partial charge in [0.15, 0.2) is 12.6 Å². The number of rotatable bonds is 4. The summed E-state index contributed by atoms with van der Waals surface area (Å²) in [5.74, 6) is 0. The summed E-state index contributed by atoms with van der Waals surface area (Å²) in [5.41, 5.74) is 6.68. The molecule has 156 valence electrons. The fourth-order valence-corrected chi connectivity index (χ4v) is 8.64. The Labute approximate surface area is 197 Å². The zero-order valence-corrected chi connectivity index (χ0v) is 19.9. The molecule has 0 saturated carbocycles. The molecule has 0 bridgehead atoms. The second kappa shape index (κ2) is 7.07. The van der Waals surface area contributed by atoms with Gasteiger partial charge in [0.2, 0.25) is 0 Å². The molecule has 32 heavy (non-hydrogen) atoms. The maximum absolute atomic E-state index is 11.8. The van der Waals surface area contributed by atoms with Crippen LogP contribution in [-0.2, 0) is 5.41 Å². The van der Waals surface area contributed by atoms with E-state index in [4.69, 9.17) is 0 Å². The SMILES string of the molecule is Cc1ccc(C2(c3ccc(C)cc3)c3cc(C=O)sc3-c3sc4cc(C=O)sc4c32)cc1. The van der Waals surface area contributed by atoms with Gasteiger partial charge in [0.05, 0.1) is 29.6 Å². The Morgan fingerprint density at radius 1 is 0.688 bits per heavy atom. The summed E-state index contributed by atoms with van der Waals surface area (Å²) >= 11 is 4.87. The largest absolute Gasteiger partial charge is 0.297 e. The first-order chi connectivity index (χ1) is 15.6. The van der Waals surface area contributed by atoms with Crippen molar-refractivity contribution in [3.8, 4) is 9.75 Å². The Balaban J connectivity index is 1.81. The maximum Gasteiger partial charge on any atom is 0.160 e.